The first-order chi connectivity index (χ1) is 6.33. The van der Waals surface area contributed by atoms with Gasteiger partial charge in [0.25, 0.3) is 0 Å². The summed E-state index contributed by atoms with van der Waals surface area (Å²) in [4.78, 5) is 0. The Kier molecular flexibility index (Phi) is 3.30. The molecule has 0 aliphatic heterocycles. The van der Waals surface area contributed by atoms with Crippen LogP contribution in [0.2, 0.25) is 0 Å². The van der Waals surface area contributed by atoms with Gasteiger partial charge in [0.1, 0.15) is 5.75 Å². The molecule has 0 unspecified atom stereocenters. The summed E-state index contributed by atoms with van der Waals surface area (Å²) in [6.07, 6.45) is 0.674. The maximum Gasteiger partial charge on any atom is 0.123 e. The van der Waals surface area contributed by atoms with Gasteiger partial charge >= 0.3 is 0 Å². The number of methoxy groups -OCH3 is 1. The smallest absolute Gasteiger partial charge is 0.123 e. The lowest BCUT2D eigenvalue weighted by Crippen LogP contribution is -2.06. The topological polar surface area (TPSA) is 59.0 Å². The summed E-state index contributed by atoms with van der Waals surface area (Å²) < 4.78 is 5.13. The molecule has 0 bridgehead atoms. The minimum absolute atomic E-state index is 0.523. The molecule has 0 saturated heterocycles. The molecule has 3 nitrogen and oxygen atoms in total. The van der Waals surface area contributed by atoms with Crippen LogP contribution in [0.15, 0.2) is 18.2 Å². The number of ether oxygens (including phenoxy) is 1. The van der Waals surface area contributed by atoms with Crippen molar-refractivity contribution in [2.24, 2.45) is 5.73 Å². The Bertz CT molecular complexity index is 328. The first-order valence-electron chi connectivity index (χ1n) is 4.09. The van der Waals surface area contributed by atoms with E-state index in [0.29, 0.717) is 18.5 Å². The second kappa shape index (κ2) is 4.48. The molecule has 0 heterocycles. The van der Waals surface area contributed by atoms with Gasteiger partial charge in [0.2, 0.25) is 0 Å². The second-order valence-corrected chi connectivity index (χ2v) is 2.64. The highest BCUT2D eigenvalue weighted by Crippen LogP contribution is 2.21. The van der Waals surface area contributed by atoms with E-state index in [1.54, 1.807) is 19.2 Å². The Labute approximate surface area is 77.7 Å². The van der Waals surface area contributed by atoms with Crippen LogP contribution >= 0.6 is 0 Å². The molecule has 1 rings (SSSR count). The van der Waals surface area contributed by atoms with E-state index in [4.69, 9.17) is 15.7 Å². The molecule has 0 aromatic heterocycles. The van der Waals surface area contributed by atoms with Gasteiger partial charge in [-0.15, -0.1) is 0 Å². The summed E-state index contributed by atoms with van der Waals surface area (Å²) in [7, 11) is 1.59. The van der Waals surface area contributed by atoms with Crippen molar-refractivity contribution in [2.75, 3.05) is 13.7 Å². The van der Waals surface area contributed by atoms with Crippen LogP contribution in [-0.2, 0) is 6.42 Å². The van der Waals surface area contributed by atoms with Crippen LogP contribution in [0, 0.1) is 11.3 Å². The third-order valence-corrected chi connectivity index (χ3v) is 1.87. The maximum atomic E-state index is 8.82. The van der Waals surface area contributed by atoms with Gasteiger partial charge in [-0.25, -0.2) is 0 Å². The lowest BCUT2D eigenvalue weighted by molar-refractivity contribution is 0.409. The summed E-state index contributed by atoms with van der Waals surface area (Å²) in [6, 6.07) is 7.53. The molecule has 1 aromatic rings. The van der Waals surface area contributed by atoms with Gasteiger partial charge in [-0.05, 0) is 25.1 Å². The van der Waals surface area contributed by atoms with E-state index in [-0.39, 0.29) is 0 Å². The first kappa shape index (κ1) is 9.56. The Morgan fingerprint density at radius 1 is 1.54 bits per heavy atom. The van der Waals surface area contributed by atoms with Crippen molar-refractivity contribution in [1.29, 1.82) is 5.26 Å². The molecule has 2 N–H and O–H groups in total. The molecule has 0 atom stereocenters. The fourth-order valence-electron chi connectivity index (χ4n) is 1.26. The standard InChI is InChI=1S/C10H12N2O/c1-13-10-4-2-3-8(7-12)9(10)5-6-11/h2-4H,5-6,11H2,1H3. The average Bonchev–Trinajstić information content (AvgIpc) is 2.18. The summed E-state index contributed by atoms with van der Waals surface area (Å²) in [5.41, 5.74) is 6.98. The number of rotatable bonds is 3. The van der Waals surface area contributed by atoms with E-state index in [2.05, 4.69) is 6.07 Å². The van der Waals surface area contributed by atoms with Crippen molar-refractivity contribution in [3.63, 3.8) is 0 Å². The van der Waals surface area contributed by atoms with Gasteiger partial charge in [0.15, 0.2) is 0 Å². The van der Waals surface area contributed by atoms with Crippen LogP contribution in [0.5, 0.6) is 5.75 Å². The van der Waals surface area contributed by atoms with Gasteiger partial charge in [0.05, 0.1) is 18.7 Å². The number of nitriles is 1. The van der Waals surface area contributed by atoms with E-state index in [1.807, 2.05) is 6.07 Å². The van der Waals surface area contributed by atoms with Crippen molar-refractivity contribution < 1.29 is 4.74 Å². The normalized spacial score (nSPS) is 9.31. The monoisotopic (exact) mass is 176 g/mol. The summed E-state index contributed by atoms with van der Waals surface area (Å²) in [6.45, 7) is 0.523. The van der Waals surface area contributed by atoms with Crippen LogP contribution in [0.25, 0.3) is 0 Å². The van der Waals surface area contributed by atoms with E-state index < -0.39 is 0 Å². The van der Waals surface area contributed by atoms with Crippen molar-refractivity contribution in [2.45, 2.75) is 6.42 Å². The predicted octanol–water partition coefficient (Wildman–Crippen LogP) is 1.07. The zero-order valence-corrected chi connectivity index (χ0v) is 7.58. The zero-order valence-electron chi connectivity index (χ0n) is 7.58. The quantitative estimate of drug-likeness (QED) is 0.749. The molecule has 0 spiro atoms. The van der Waals surface area contributed by atoms with E-state index in [0.717, 1.165) is 11.3 Å². The van der Waals surface area contributed by atoms with Crippen LogP contribution in [0.1, 0.15) is 11.1 Å². The van der Waals surface area contributed by atoms with Crippen LogP contribution in [-0.4, -0.2) is 13.7 Å². The number of benzene rings is 1. The number of hydrogen-bond acceptors (Lipinski definition) is 3. The Balaban J connectivity index is 3.15. The minimum Gasteiger partial charge on any atom is -0.496 e. The third kappa shape index (κ3) is 1.98. The van der Waals surface area contributed by atoms with E-state index >= 15 is 0 Å². The van der Waals surface area contributed by atoms with Crippen LogP contribution in [0.3, 0.4) is 0 Å². The van der Waals surface area contributed by atoms with Crippen molar-refractivity contribution in [3.05, 3.63) is 29.3 Å². The Morgan fingerprint density at radius 3 is 2.85 bits per heavy atom. The molecule has 0 radical (unpaired) electrons. The highest BCUT2D eigenvalue weighted by Gasteiger charge is 2.06. The molecule has 0 fully saturated rings. The molecule has 13 heavy (non-hydrogen) atoms. The average molecular weight is 176 g/mol. The predicted molar refractivity (Wildman–Crippen MR) is 50.5 cm³/mol. The number of hydrogen-bond donors (Lipinski definition) is 1. The molecule has 0 aliphatic carbocycles. The summed E-state index contributed by atoms with van der Waals surface area (Å²) >= 11 is 0. The molecular formula is C10H12N2O. The van der Waals surface area contributed by atoms with Crippen LogP contribution in [0.4, 0.5) is 0 Å². The maximum absolute atomic E-state index is 8.82. The van der Waals surface area contributed by atoms with Gasteiger partial charge in [0, 0.05) is 5.56 Å². The molecule has 0 saturated carbocycles. The van der Waals surface area contributed by atoms with Crippen molar-refractivity contribution >= 4 is 0 Å². The molecule has 0 aliphatic rings. The first-order valence-corrected chi connectivity index (χ1v) is 4.09. The van der Waals surface area contributed by atoms with Gasteiger partial charge in [-0.2, -0.15) is 5.26 Å². The fourth-order valence-corrected chi connectivity index (χ4v) is 1.26. The van der Waals surface area contributed by atoms with E-state index in [1.165, 1.54) is 0 Å². The summed E-state index contributed by atoms with van der Waals surface area (Å²) in [5.74, 6) is 0.740. The third-order valence-electron chi connectivity index (χ3n) is 1.87. The molecular weight excluding hydrogens is 164 g/mol. The van der Waals surface area contributed by atoms with Gasteiger partial charge in [-0.3, -0.25) is 0 Å². The lowest BCUT2D eigenvalue weighted by atomic mass is 10.0. The minimum atomic E-state index is 0.523. The largest absolute Gasteiger partial charge is 0.496 e. The highest BCUT2D eigenvalue weighted by molar-refractivity contribution is 5.46. The van der Waals surface area contributed by atoms with Crippen molar-refractivity contribution in [1.82, 2.24) is 0 Å². The second-order valence-electron chi connectivity index (χ2n) is 2.64. The summed E-state index contributed by atoms with van der Waals surface area (Å²) in [5, 5.41) is 8.82. The lowest BCUT2D eigenvalue weighted by Gasteiger charge is -2.08. The number of nitrogens with zero attached hydrogens (tertiary/aromatic N) is 1. The molecule has 68 valence electrons. The number of nitrogens with two attached hydrogens (primary N) is 1. The molecule has 1 aromatic carbocycles. The zero-order chi connectivity index (χ0) is 9.68. The molecule has 0 amide bonds. The Hall–Kier alpha value is -1.53. The molecule has 3 heteroatoms. The SMILES string of the molecule is COc1cccc(C#N)c1CCN. The van der Waals surface area contributed by atoms with Gasteiger partial charge < -0.3 is 10.5 Å². The van der Waals surface area contributed by atoms with Crippen molar-refractivity contribution in [3.8, 4) is 11.8 Å². The van der Waals surface area contributed by atoms with Crippen LogP contribution < -0.4 is 10.5 Å². The van der Waals surface area contributed by atoms with Gasteiger partial charge in [-0.1, -0.05) is 6.07 Å². The van der Waals surface area contributed by atoms with E-state index in [9.17, 15) is 0 Å². The fraction of sp³-hybridized carbons (Fsp3) is 0.300. The Morgan fingerprint density at radius 2 is 2.31 bits per heavy atom. The highest BCUT2D eigenvalue weighted by atomic mass is 16.5.